The highest BCUT2D eigenvalue weighted by atomic mass is 35.5. The van der Waals surface area contributed by atoms with E-state index in [1.165, 1.54) is 0 Å². The van der Waals surface area contributed by atoms with E-state index in [2.05, 4.69) is 0 Å². The van der Waals surface area contributed by atoms with Gasteiger partial charge in [-0.05, 0) is 25.0 Å². The highest BCUT2D eigenvalue weighted by molar-refractivity contribution is 5.85. The molecule has 2 nitrogen and oxygen atoms in total. The molecule has 0 amide bonds. The van der Waals surface area contributed by atoms with Gasteiger partial charge < -0.3 is 10.8 Å². The van der Waals surface area contributed by atoms with Crippen molar-refractivity contribution in [3.05, 3.63) is 35.1 Å². The molecule has 7 heteroatoms. The monoisotopic (exact) mass is 287 g/mol. The molecule has 0 bridgehead atoms. The minimum absolute atomic E-state index is 0. The molecular formula is C11H14ClF4NO. The van der Waals surface area contributed by atoms with Crippen LogP contribution < -0.4 is 5.73 Å². The van der Waals surface area contributed by atoms with Gasteiger partial charge in [0.2, 0.25) is 0 Å². The number of aliphatic hydroxyl groups excluding tert-OH is 1. The standard InChI is InChI=1S/C11H13F4NO.ClH/c12-9-6-7(11(13,14)15)3-4-8(9)10(16)2-1-5-17;/h3-4,6,10,17H,1-2,5,16H2;1H/t10-;/m1./s1. The topological polar surface area (TPSA) is 46.2 Å². The third-order valence-corrected chi connectivity index (χ3v) is 2.40. The summed E-state index contributed by atoms with van der Waals surface area (Å²) in [6.45, 7) is -0.0873. The molecule has 0 fully saturated rings. The maximum Gasteiger partial charge on any atom is 0.416 e. The third kappa shape index (κ3) is 4.44. The number of halogens is 5. The molecule has 0 heterocycles. The van der Waals surface area contributed by atoms with Crippen molar-refractivity contribution in [3.63, 3.8) is 0 Å². The van der Waals surface area contributed by atoms with Gasteiger partial charge in [-0.1, -0.05) is 6.07 Å². The van der Waals surface area contributed by atoms with Crippen molar-refractivity contribution >= 4 is 12.4 Å². The maximum atomic E-state index is 13.4. The SMILES string of the molecule is Cl.N[C@H](CCCO)c1ccc(C(F)(F)F)cc1F. The molecule has 18 heavy (non-hydrogen) atoms. The predicted octanol–water partition coefficient (Wildman–Crippen LogP) is 3.04. The molecule has 0 spiro atoms. The molecular weight excluding hydrogens is 274 g/mol. The second-order valence-electron chi connectivity index (χ2n) is 3.71. The summed E-state index contributed by atoms with van der Waals surface area (Å²) in [6, 6.07) is 1.58. The molecule has 0 radical (unpaired) electrons. The number of nitrogens with two attached hydrogens (primary N) is 1. The van der Waals surface area contributed by atoms with Gasteiger partial charge in [0.05, 0.1) is 5.56 Å². The van der Waals surface area contributed by atoms with Crippen molar-refractivity contribution < 1.29 is 22.7 Å². The fraction of sp³-hybridized carbons (Fsp3) is 0.455. The minimum Gasteiger partial charge on any atom is -0.396 e. The van der Waals surface area contributed by atoms with Gasteiger partial charge in [-0.3, -0.25) is 0 Å². The average Bonchev–Trinajstić information content (AvgIpc) is 2.24. The van der Waals surface area contributed by atoms with Crippen LogP contribution in [0.1, 0.15) is 30.0 Å². The third-order valence-electron chi connectivity index (χ3n) is 2.40. The van der Waals surface area contributed by atoms with Crippen molar-refractivity contribution in [2.45, 2.75) is 25.1 Å². The molecule has 0 unspecified atom stereocenters. The van der Waals surface area contributed by atoms with Gasteiger partial charge >= 0.3 is 6.18 Å². The van der Waals surface area contributed by atoms with Gasteiger partial charge in [-0.15, -0.1) is 12.4 Å². The minimum atomic E-state index is -4.56. The quantitative estimate of drug-likeness (QED) is 0.836. The average molecular weight is 288 g/mol. The fourth-order valence-corrected chi connectivity index (χ4v) is 1.47. The Kier molecular flexibility index (Phi) is 6.59. The largest absolute Gasteiger partial charge is 0.416 e. The van der Waals surface area contributed by atoms with Gasteiger partial charge in [0.15, 0.2) is 0 Å². The van der Waals surface area contributed by atoms with Crippen LogP contribution in [0.4, 0.5) is 17.6 Å². The zero-order valence-corrected chi connectivity index (χ0v) is 10.2. The lowest BCUT2D eigenvalue weighted by Crippen LogP contribution is -2.14. The first kappa shape index (κ1) is 17.2. The summed E-state index contributed by atoms with van der Waals surface area (Å²) >= 11 is 0. The summed E-state index contributed by atoms with van der Waals surface area (Å²) in [5, 5.41) is 8.58. The Hall–Kier alpha value is -0.850. The number of hydrogen-bond donors (Lipinski definition) is 2. The molecule has 1 aromatic rings. The first-order chi connectivity index (χ1) is 7.86. The number of aliphatic hydroxyl groups is 1. The lowest BCUT2D eigenvalue weighted by atomic mass is 10.0. The molecule has 0 aliphatic heterocycles. The summed E-state index contributed by atoms with van der Waals surface area (Å²) in [6.07, 6.45) is -3.87. The van der Waals surface area contributed by atoms with E-state index in [1.807, 2.05) is 0 Å². The van der Waals surface area contributed by atoms with Crippen LogP contribution in [0.2, 0.25) is 0 Å². The Labute approximate surface area is 108 Å². The summed E-state index contributed by atoms with van der Waals surface area (Å²) < 4.78 is 50.2. The van der Waals surface area contributed by atoms with Crippen LogP contribution >= 0.6 is 12.4 Å². The van der Waals surface area contributed by atoms with Gasteiger partial charge in [-0.25, -0.2) is 4.39 Å². The summed E-state index contributed by atoms with van der Waals surface area (Å²) in [5.41, 5.74) is 4.61. The van der Waals surface area contributed by atoms with E-state index in [0.717, 1.165) is 12.1 Å². The maximum absolute atomic E-state index is 13.4. The molecule has 3 N–H and O–H groups in total. The highest BCUT2D eigenvalue weighted by Crippen LogP contribution is 2.31. The van der Waals surface area contributed by atoms with Gasteiger partial charge in [0, 0.05) is 18.2 Å². The van der Waals surface area contributed by atoms with Crippen molar-refractivity contribution in [1.82, 2.24) is 0 Å². The lowest BCUT2D eigenvalue weighted by molar-refractivity contribution is -0.137. The van der Waals surface area contributed by atoms with Crippen molar-refractivity contribution in [2.75, 3.05) is 6.61 Å². The van der Waals surface area contributed by atoms with Crippen LogP contribution in [0.3, 0.4) is 0 Å². The van der Waals surface area contributed by atoms with E-state index in [4.69, 9.17) is 10.8 Å². The van der Waals surface area contributed by atoms with E-state index in [9.17, 15) is 17.6 Å². The number of hydrogen-bond acceptors (Lipinski definition) is 2. The van der Waals surface area contributed by atoms with Crippen LogP contribution in [0, 0.1) is 5.82 Å². The Balaban J connectivity index is 0.00000289. The van der Waals surface area contributed by atoms with Crippen molar-refractivity contribution in [3.8, 4) is 0 Å². The molecule has 0 aliphatic rings. The zero-order chi connectivity index (χ0) is 13.1. The van der Waals surface area contributed by atoms with Crippen LogP contribution in [-0.4, -0.2) is 11.7 Å². The van der Waals surface area contributed by atoms with Gasteiger partial charge in [-0.2, -0.15) is 13.2 Å². The molecule has 1 atom stereocenters. The van der Waals surface area contributed by atoms with Crippen LogP contribution in [0.15, 0.2) is 18.2 Å². The normalized spacial score (nSPS) is 13.0. The summed E-state index contributed by atoms with van der Waals surface area (Å²) in [4.78, 5) is 0. The smallest absolute Gasteiger partial charge is 0.396 e. The summed E-state index contributed by atoms with van der Waals surface area (Å²) in [5.74, 6) is -0.967. The number of rotatable bonds is 4. The molecule has 0 aliphatic carbocycles. The Morgan fingerprint density at radius 3 is 2.33 bits per heavy atom. The molecule has 1 rings (SSSR count). The van der Waals surface area contributed by atoms with E-state index in [0.29, 0.717) is 18.9 Å². The molecule has 0 saturated heterocycles. The lowest BCUT2D eigenvalue weighted by Gasteiger charge is -2.14. The Morgan fingerprint density at radius 2 is 1.89 bits per heavy atom. The first-order valence-corrected chi connectivity index (χ1v) is 5.09. The van der Waals surface area contributed by atoms with E-state index >= 15 is 0 Å². The van der Waals surface area contributed by atoms with Gasteiger partial charge in [0.1, 0.15) is 5.82 Å². The van der Waals surface area contributed by atoms with Crippen molar-refractivity contribution in [2.24, 2.45) is 5.73 Å². The van der Waals surface area contributed by atoms with E-state index in [-0.39, 0.29) is 24.6 Å². The first-order valence-electron chi connectivity index (χ1n) is 5.09. The fourth-order valence-electron chi connectivity index (χ4n) is 1.47. The van der Waals surface area contributed by atoms with E-state index in [1.54, 1.807) is 0 Å². The second-order valence-corrected chi connectivity index (χ2v) is 3.71. The summed E-state index contributed by atoms with van der Waals surface area (Å²) in [7, 11) is 0. The molecule has 104 valence electrons. The van der Waals surface area contributed by atoms with Crippen LogP contribution in [-0.2, 0) is 6.18 Å². The zero-order valence-electron chi connectivity index (χ0n) is 9.38. The van der Waals surface area contributed by atoms with Crippen LogP contribution in [0.5, 0.6) is 0 Å². The Bertz CT molecular complexity index is 384. The van der Waals surface area contributed by atoms with Crippen molar-refractivity contribution in [1.29, 1.82) is 0 Å². The molecule has 1 aromatic carbocycles. The number of alkyl halides is 3. The second kappa shape index (κ2) is 6.92. The number of benzene rings is 1. The Morgan fingerprint density at radius 1 is 1.28 bits per heavy atom. The highest BCUT2D eigenvalue weighted by Gasteiger charge is 2.31. The van der Waals surface area contributed by atoms with Crippen LogP contribution in [0.25, 0.3) is 0 Å². The predicted molar refractivity (Wildman–Crippen MR) is 61.9 cm³/mol. The van der Waals surface area contributed by atoms with Gasteiger partial charge in [0.25, 0.3) is 0 Å². The molecule has 0 saturated carbocycles. The molecule has 0 aromatic heterocycles. The van der Waals surface area contributed by atoms with E-state index < -0.39 is 23.6 Å².